The molecule has 7 heteroatoms. The second kappa shape index (κ2) is 8.79. The Balaban J connectivity index is 2.19. The van der Waals surface area contributed by atoms with Crippen LogP contribution in [-0.2, 0) is 17.8 Å². The molecule has 0 heterocycles. The molecule has 145 valence electrons. The maximum atomic E-state index is 12.9. The highest BCUT2D eigenvalue weighted by Crippen LogP contribution is 2.37. The summed E-state index contributed by atoms with van der Waals surface area (Å²) in [5, 5.41) is 14.8. The minimum atomic E-state index is -4.52. The molecule has 4 nitrogen and oxygen atoms in total. The molecule has 0 aliphatic heterocycles. The van der Waals surface area contributed by atoms with Crippen molar-refractivity contribution >= 4 is 6.03 Å². The van der Waals surface area contributed by atoms with Gasteiger partial charge in [0, 0.05) is 25.7 Å². The third kappa shape index (κ3) is 5.64. The molecule has 27 heavy (non-hydrogen) atoms. The van der Waals surface area contributed by atoms with E-state index in [1.807, 2.05) is 6.92 Å². The quantitative estimate of drug-likeness (QED) is 0.666. The molecule has 0 bridgehead atoms. The smallest absolute Gasteiger partial charge is 0.338 e. The van der Waals surface area contributed by atoms with Crippen LogP contribution in [0.3, 0.4) is 0 Å². The predicted octanol–water partition coefficient (Wildman–Crippen LogP) is 5.46. The summed E-state index contributed by atoms with van der Waals surface area (Å²) in [4.78, 5) is 13.5. The Labute approximate surface area is 156 Å². The van der Waals surface area contributed by atoms with Crippen LogP contribution < -0.4 is 5.32 Å². The molecule has 2 amide bonds. The zero-order valence-electron chi connectivity index (χ0n) is 15.3. The maximum Gasteiger partial charge on any atom is 0.416 e. The van der Waals surface area contributed by atoms with Gasteiger partial charge < -0.3 is 10.2 Å². The lowest BCUT2D eigenvalue weighted by atomic mass is 9.99. The molecule has 2 aromatic rings. The van der Waals surface area contributed by atoms with E-state index < -0.39 is 17.5 Å². The van der Waals surface area contributed by atoms with Crippen molar-refractivity contribution in [1.82, 2.24) is 10.2 Å². The van der Waals surface area contributed by atoms with Gasteiger partial charge in [-0.2, -0.15) is 13.2 Å². The average molecular weight is 379 g/mol. The third-order valence-corrected chi connectivity index (χ3v) is 4.12. The lowest BCUT2D eigenvalue weighted by Gasteiger charge is -2.18. The third-order valence-electron chi connectivity index (χ3n) is 4.12. The van der Waals surface area contributed by atoms with E-state index in [0.717, 1.165) is 36.6 Å². The van der Waals surface area contributed by atoms with E-state index in [9.17, 15) is 23.1 Å². The van der Waals surface area contributed by atoms with E-state index in [2.05, 4.69) is 5.32 Å². The summed E-state index contributed by atoms with van der Waals surface area (Å²) >= 11 is 0. The van der Waals surface area contributed by atoms with Crippen LogP contribution in [0.2, 0.25) is 0 Å². The monoisotopic (exact) mass is 379 g/mol. The number of nitrogens with one attached hydrogen (secondary N) is 1. The number of rotatable bonds is 6. The summed E-state index contributed by atoms with van der Waals surface area (Å²) in [5.41, 5.74) is 0.234. The Morgan fingerprint density at radius 1 is 1.15 bits per heavy atom. The number of nitrogens with zero attached hydrogens (tertiary/aromatic N) is 1. The summed E-state index contributed by atoms with van der Waals surface area (Å²) in [6.07, 6.45) is -2.66. The first-order chi connectivity index (χ1) is 12.7. The van der Waals surface area contributed by atoms with Crippen LogP contribution in [0.5, 0.6) is 5.75 Å². The Hall–Kier alpha value is -2.70. The van der Waals surface area contributed by atoms with Crippen molar-refractivity contribution in [2.24, 2.45) is 0 Å². The SMILES string of the molecule is CCCCNC(=O)N(C)Cc1cccc(-c2cc(C(F)(F)F)ccc2[O])c1. The van der Waals surface area contributed by atoms with Crippen molar-refractivity contribution < 1.29 is 23.1 Å². The number of alkyl halides is 3. The van der Waals surface area contributed by atoms with Crippen LogP contribution >= 0.6 is 0 Å². The molecule has 0 spiro atoms. The zero-order valence-corrected chi connectivity index (χ0v) is 15.3. The van der Waals surface area contributed by atoms with E-state index in [1.165, 1.54) is 4.90 Å². The molecule has 0 aliphatic carbocycles. The normalized spacial score (nSPS) is 11.3. The molecule has 0 fully saturated rings. The number of urea groups is 1. The first-order valence-electron chi connectivity index (χ1n) is 8.69. The predicted molar refractivity (Wildman–Crippen MR) is 96.8 cm³/mol. The molecule has 2 aromatic carbocycles. The summed E-state index contributed by atoms with van der Waals surface area (Å²) in [6.45, 7) is 2.89. The van der Waals surface area contributed by atoms with Gasteiger partial charge >= 0.3 is 12.2 Å². The van der Waals surface area contributed by atoms with Gasteiger partial charge in [-0.25, -0.2) is 4.79 Å². The van der Waals surface area contributed by atoms with Gasteiger partial charge in [0.2, 0.25) is 0 Å². The standard InChI is InChI=1S/C20H22F3N2O2/c1-3-4-10-24-19(27)25(2)13-14-6-5-7-15(11-14)17-12-16(20(21,22)23)8-9-18(17)26/h5-9,11-12H,3-4,10,13H2,1-2H3,(H,24,27). The molecule has 0 atom stereocenters. The maximum absolute atomic E-state index is 12.9. The highest BCUT2D eigenvalue weighted by molar-refractivity contribution is 5.74. The van der Waals surface area contributed by atoms with Gasteiger partial charge in [0.25, 0.3) is 0 Å². The minimum Gasteiger partial charge on any atom is -0.338 e. The van der Waals surface area contributed by atoms with Gasteiger partial charge in [-0.3, -0.25) is 5.11 Å². The highest BCUT2D eigenvalue weighted by atomic mass is 19.4. The van der Waals surface area contributed by atoms with Crippen LogP contribution in [0.1, 0.15) is 30.9 Å². The van der Waals surface area contributed by atoms with Crippen molar-refractivity contribution in [1.29, 1.82) is 0 Å². The molecule has 0 unspecified atom stereocenters. The van der Waals surface area contributed by atoms with E-state index in [-0.39, 0.29) is 18.1 Å². The van der Waals surface area contributed by atoms with Gasteiger partial charge in [-0.05, 0) is 41.8 Å². The number of benzene rings is 2. The lowest BCUT2D eigenvalue weighted by Crippen LogP contribution is -2.37. The zero-order chi connectivity index (χ0) is 20.0. The summed E-state index contributed by atoms with van der Waals surface area (Å²) in [6, 6.07) is 8.99. The Bertz CT molecular complexity index is 791. The number of unbranched alkanes of at least 4 members (excludes halogenated alkanes) is 1. The fourth-order valence-electron chi connectivity index (χ4n) is 2.62. The fourth-order valence-corrected chi connectivity index (χ4v) is 2.62. The Kier molecular flexibility index (Phi) is 6.71. The number of hydrogen-bond acceptors (Lipinski definition) is 1. The van der Waals surface area contributed by atoms with Gasteiger partial charge in [0.15, 0.2) is 5.75 Å². The van der Waals surface area contributed by atoms with Crippen LogP contribution in [-0.4, -0.2) is 24.5 Å². The van der Waals surface area contributed by atoms with Gasteiger partial charge in [0.05, 0.1) is 5.56 Å². The van der Waals surface area contributed by atoms with Crippen LogP contribution in [0.15, 0.2) is 42.5 Å². The molecule has 0 aromatic heterocycles. The Morgan fingerprint density at radius 2 is 1.89 bits per heavy atom. The highest BCUT2D eigenvalue weighted by Gasteiger charge is 2.31. The van der Waals surface area contributed by atoms with Gasteiger partial charge in [-0.1, -0.05) is 31.5 Å². The van der Waals surface area contributed by atoms with E-state index >= 15 is 0 Å². The van der Waals surface area contributed by atoms with Crippen LogP contribution in [0, 0.1) is 0 Å². The first-order valence-corrected chi connectivity index (χ1v) is 8.69. The van der Waals surface area contributed by atoms with Crippen molar-refractivity contribution in [2.75, 3.05) is 13.6 Å². The fraction of sp³-hybridized carbons (Fsp3) is 0.350. The molecular weight excluding hydrogens is 357 g/mol. The summed E-state index contributed by atoms with van der Waals surface area (Å²) in [7, 11) is 1.64. The van der Waals surface area contributed by atoms with E-state index in [4.69, 9.17) is 0 Å². The number of hydrogen-bond donors (Lipinski definition) is 1. The minimum absolute atomic E-state index is 0.0123. The number of halogens is 3. The van der Waals surface area contributed by atoms with Crippen molar-refractivity contribution in [3.63, 3.8) is 0 Å². The van der Waals surface area contributed by atoms with Crippen molar-refractivity contribution in [2.45, 2.75) is 32.5 Å². The molecule has 2 rings (SSSR count). The average Bonchev–Trinajstić information content (AvgIpc) is 2.61. The summed E-state index contributed by atoms with van der Waals surface area (Å²) < 4.78 is 38.8. The Morgan fingerprint density at radius 3 is 2.56 bits per heavy atom. The van der Waals surface area contributed by atoms with Crippen molar-refractivity contribution in [3.05, 3.63) is 53.6 Å². The van der Waals surface area contributed by atoms with Crippen LogP contribution in [0.25, 0.3) is 11.1 Å². The van der Waals surface area contributed by atoms with Gasteiger partial charge in [-0.15, -0.1) is 0 Å². The van der Waals surface area contributed by atoms with Gasteiger partial charge in [0.1, 0.15) is 0 Å². The topological polar surface area (TPSA) is 52.2 Å². The molecule has 0 saturated carbocycles. The largest absolute Gasteiger partial charge is 0.416 e. The molecule has 0 aliphatic rings. The lowest BCUT2D eigenvalue weighted by molar-refractivity contribution is -0.137. The first kappa shape index (κ1) is 20.6. The number of amides is 2. The molecule has 1 N–H and O–H groups in total. The molecule has 1 radical (unpaired) electrons. The van der Waals surface area contributed by atoms with Crippen LogP contribution in [0.4, 0.5) is 18.0 Å². The summed E-state index contributed by atoms with van der Waals surface area (Å²) in [5.74, 6) is -0.481. The van der Waals surface area contributed by atoms with E-state index in [0.29, 0.717) is 12.1 Å². The van der Waals surface area contributed by atoms with Crippen molar-refractivity contribution in [3.8, 4) is 16.9 Å². The number of carbonyl (C=O) groups excluding carboxylic acids is 1. The van der Waals surface area contributed by atoms with E-state index in [1.54, 1.807) is 31.3 Å². The molecular formula is C20H22F3N2O2. The molecule has 0 saturated heterocycles. The second-order valence-corrected chi connectivity index (χ2v) is 6.35. The second-order valence-electron chi connectivity index (χ2n) is 6.35. The number of carbonyl (C=O) groups is 1.